The summed E-state index contributed by atoms with van der Waals surface area (Å²) in [6.07, 6.45) is 35.0. The summed E-state index contributed by atoms with van der Waals surface area (Å²) >= 11 is 0. The predicted octanol–water partition coefficient (Wildman–Crippen LogP) is 17.8. The molecule has 0 radical (unpaired) electrons. The van der Waals surface area contributed by atoms with E-state index in [0.717, 1.165) is 108 Å². The summed E-state index contributed by atoms with van der Waals surface area (Å²) in [4.78, 5) is 72.2. The average molecular weight is 1240 g/mol. The monoisotopic (exact) mass is 1240 g/mol. The van der Waals surface area contributed by atoms with Crippen LogP contribution < -0.4 is 0 Å². The van der Waals surface area contributed by atoms with Gasteiger partial charge in [-0.1, -0.05) is 261 Å². The zero-order chi connectivity index (χ0) is 62.5. The largest absolute Gasteiger partial charge is 0.472 e. The zero-order valence-corrected chi connectivity index (χ0v) is 56.3. The van der Waals surface area contributed by atoms with Crippen LogP contribution in [0.15, 0.2) is 0 Å². The third-order valence-electron chi connectivity index (χ3n) is 15.2. The van der Waals surface area contributed by atoms with Crippen molar-refractivity contribution in [2.24, 2.45) is 23.7 Å². The molecule has 0 amide bonds. The highest BCUT2D eigenvalue weighted by Crippen LogP contribution is 2.45. The van der Waals surface area contributed by atoms with E-state index in [4.69, 9.17) is 37.0 Å². The summed E-state index contributed by atoms with van der Waals surface area (Å²) in [5.74, 6) is 0.761. The van der Waals surface area contributed by atoms with Crippen molar-refractivity contribution in [2.45, 2.75) is 331 Å². The summed E-state index contributed by atoms with van der Waals surface area (Å²) in [6.45, 7) is 13.9. The molecule has 0 fully saturated rings. The fraction of sp³-hybridized carbons (Fsp3) is 0.938. The minimum Gasteiger partial charge on any atom is -0.462 e. The lowest BCUT2D eigenvalue weighted by atomic mass is 9.99. The minimum absolute atomic E-state index is 0.102. The predicted molar refractivity (Wildman–Crippen MR) is 335 cm³/mol. The van der Waals surface area contributed by atoms with Crippen LogP contribution in [0.5, 0.6) is 0 Å². The summed E-state index contributed by atoms with van der Waals surface area (Å²) in [5.41, 5.74) is 0. The van der Waals surface area contributed by atoms with Crippen molar-refractivity contribution in [3.05, 3.63) is 0 Å². The second kappa shape index (κ2) is 55.2. The lowest BCUT2D eigenvalue weighted by Crippen LogP contribution is -2.30. The Hall–Kier alpha value is -1.94. The molecule has 0 bridgehead atoms. The fourth-order valence-corrected chi connectivity index (χ4v) is 11.2. The molecule has 6 atom stereocenters. The van der Waals surface area contributed by atoms with Crippen molar-refractivity contribution in [1.29, 1.82) is 0 Å². The maximum atomic E-state index is 13.0. The highest BCUT2D eigenvalue weighted by molar-refractivity contribution is 7.47. The molecule has 0 aliphatic rings. The van der Waals surface area contributed by atoms with Gasteiger partial charge in [-0.3, -0.25) is 37.3 Å². The zero-order valence-electron chi connectivity index (χ0n) is 54.5. The van der Waals surface area contributed by atoms with E-state index in [1.54, 1.807) is 0 Å². The first-order chi connectivity index (χ1) is 40.1. The Morgan fingerprint density at radius 1 is 0.333 bits per heavy atom. The van der Waals surface area contributed by atoms with Crippen molar-refractivity contribution in [1.82, 2.24) is 0 Å². The Labute approximate surface area is 511 Å². The van der Waals surface area contributed by atoms with Crippen molar-refractivity contribution in [3.63, 3.8) is 0 Å². The van der Waals surface area contributed by atoms with Gasteiger partial charge in [0.05, 0.1) is 26.4 Å². The van der Waals surface area contributed by atoms with Crippen LogP contribution in [-0.4, -0.2) is 96.7 Å². The second-order valence-corrected chi connectivity index (χ2v) is 28.1. The highest BCUT2D eigenvalue weighted by atomic mass is 31.2. The van der Waals surface area contributed by atoms with Crippen LogP contribution in [0.1, 0.15) is 312 Å². The molecule has 3 N–H and O–H groups in total. The number of phosphoric ester groups is 2. The van der Waals surface area contributed by atoms with Crippen LogP contribution in [-0.2, 0) is 65.4 Å². The molecule has 0 aromatic heterocycles. The van der Waals surface area contributed by atoms with E-state index in [2.05, 4.69) is 55.4 Å². The van der Waals surface area contributed by atoms with Gasteiger partial charge in [0.2, 0.25) is 0 Å². The lowest BCUT2D eigenvalue weighted by Gasteiger charge is -2.21. The molecule has 3 unspecified atom stereocenters. The first kappa shape index (κ1) is 82.1. The summed E-state index contributed by atoms with van der Waals surface area (Å²) in [6, 6.07) is 0. The van der Waals surface area contributed by atoms with E-state index >= 15 is 0 Å². The maximum Gasteiger partial charge on any atom is 0.472 e. The first-order valence-electron chi connectivity index (χ1n) is 33.7. The Kier molecular flexibility index (Phi) is 53.9. The van der Waals surface area contributed by atoms with Crippen molar-refractivity contribution in [3.8, 4) is 0 Å². The van der Waals surface area contributed by atoms with E-state index in [0.29, 0.717) is 37.5 Å². The van der Waals surface area contributed by atoms with Gasteiger partial charge in [-0.05, 0) is 49.4 Å². The molecule has 498 valence electrons. The normalized spacial score (nSPS) is 14.7. The molecule has 0 saturated heterocycles. The molecular formula is C65H126O17P2. The quantitative estimate of drug-likeness (QED) is 0.0222. The molecule has 17 nitrogen and oxygen atoms in total. The summed E-state index contributed by atoms with van der Waals surface area (Å²) in [7, 11) is -9.89. The average Bonchev–Trinajstić information content (AvgIpc) is 3.45. The number of rotatable bonds is 62. The third kappa shape index (κ3) is 57.8. The maximum absolute atomic E-state index is 13.0. The van der Waals surface area contributed by atoms with Gasteiger partial charge in [0, 0.05) is 25.7 Å². The number of unbranched alkanes of at least 4 members (excludes halogenated alkanes) is 27. The summed E-state index contributed by atoms with van der Waals surface area (Å²) in [5, 5.41) is 10.5. The molecular weight excluding hydrogens is 1110 g/mol. The molecule has 19 heteroatoms. The number of hydrogen-bond donors (Lipinski definition) is 3. The molecule has 84 heavy (non-hydrogen) atoms. The van der Waals surface area contributed by atoms with Crippen LogP contribution in [0, 0.1) is 23.7 Å². The van der Waals surface area contributed by atoms with Gasteiger partial charge in [-0.25, -0.2) is 9.13 Å². The minimum atomic E-state index is -4.95. The van der Waals surface area contributed by atoms with E-state index in [1.165, 1.54) is 109 Å². The van der Waals surface area contributed by atoms with Crippen LogP contribution in [0.4, 0.5) is 0 Å². The summed E-state index contributed by atoms with van der Waals surface area (Å²) < 4.78 is 68.0. The first-order valence-corrected chi connectivity index (χ1v) is 36.7. The standard InChI is InChI=1S/C65H126O17P2/c1-9-58(8)44-36-28-19-12-10-11-13-20-29-37-45-62(67)75-51-60(81-64(69)47-39-31-21-15-14-17-25-33-41-55(2)3)53-79-83(71,72)77-49-59(66)50-78-84(73,74)80-54-61(52-76-63(68)46-38-30-24-23-27-35-43-57(6)7)82-65(70)48-40-32-22-16-18-26-34-42-56(4)5/h55-61,66H,9-54H2,1-8H3,(H,71,72)(H,73,74)/t58?,59-,60-,61-/m1/s1. The third-order valence-corrected chi connectivity index (χ3v) is 17.1. The van der Waals surface area contributed by atoms with Gasteiger partial charge in [0.15, 0.2) is 12.2 Å². The van der Waals surface area contributed by atoms with E-state index < -0.39 is 97.5 Å². The molecule has 0 spiro atoms. The van der Waals surface area contributed by atoms with E-state index in [-0.39, 0.29) is 25.7 Å². The molecule has 0 rings (SSSR count). The van der Waals surface area contributed by atoms with Gasteiger partial charge < -0.3 is 33.8 Å². The Morgan fingerprint density at radius 2 is 0.571 bits per heavy atom. The van der Waals surface area contributed by atoms with Crippen molar-refractivity contribution < 1.29 is 80.2 Å². The Balaban J connectivity index is 5.24. The number of esters is 4. The number of phosphoric acid groups is 2. The molecule has 0 aromatic carbocycles. The number of aliphatic hydroxyl groups is 1. The molecule has 0 aromatic rings. The van der Waals surface area contributed by atoms with E-state index in [9.17, 15) is 43.2 Å². The SMILES string of the molecule is CCC(C)CCCCCCCCCCCCC(=O)OC[C@H](COP(=O)(O)OC[C@@H](O)COP(=O)(O)OC[C@@H](COC(=O)CCCCCCCCC(C)C)OC(=O)CCCCCCCCCC(C)C)OC(=O)CCCCCCCCCCC(C)C. The smallest absolute Gasteiger partial charge is 0.462 e. The Bertz CT molecular complexity index is 1680. The van der Waals surface area contributed by atoms with Crippen LogP contribution in [0.25, 0.3) is 0 Å². The number of ether oxygens (including phenoxy) is 4. The topological polar surface area (TPSA) is 237 Å². The van der Waals surface area contributed by atoms with Crippen molar-refractivity contribution in [2.75, 3.05) is 39.6 Å². The van der Waals surface area contributed by atoms with Crippen LogP contribution in [0.3, 0.4) is 0 Å². The molecule has 0 aliphatic carbocycles. The van der Waals surface area contributed by atoms with Gasteiger partial charge in [0.25, 0.3) is 0 Å². The number of carbonyl (C=O) groups is 4. The lowest BCUT2D eigenvalue weighted by molar-refractivity contribution is -0.161. The number of aliphatic hydroxyl groups excluding tert-OH is 1. The van der Waals surface area contributed by atoms with Crippen molar-refractivity contribution >= 4 is 39.5 Å². The molecule has 0 saturated carbocycles. The second-order valence-electron chi connectivity index (χ2n) is 25.2. The molecule has 0 heterocycles. The van der Waals surface area contributed by atoms with Crippen LogP contribution in [0.2, 0.25) is 0 Å². The van der Waals surface area contributed by atoms with E-state index in [1.807, 2.05) is 0 Å². The number of carbonyl (C=O) groups excluding carboxylic acids is 4. The van der Waals surface area contributed by atoms with Gasteiger partial charge in [-0.15, -0.1) is 0 Å². The Morgan fingerprint density at radius 3 is 0.845 bits per heavy atom. The van der Waals surface area contributed by atoms with Gasteiger partial charge in [-0.2, -0.15) is 0 Å². The van der Waals surface area contributed by atoms with Gasteiger partial charge >= 0.3 is 39.5 Å². The van der Waals surface area contributed by atoms with Crippen LogP contribution >= 0.6 is 15.6 Å². The highest BCUT2D eigenvalue weighted by Gasteiger charge is 2.30. The van der Waals surface area contributed by atoms with Gasteiger partial charge in [0.1, 0.15) is 19.3 Å². The number of hydrogen-bond acceptors (Lipinski definition) is 15. The fourth-order valence-electron chi connectivity index (χ4n) is 9.57. The molecule has 0 aliphatic heterocycles.